The van der Waals surface area contributed by atoms with Crippen LogP contribution < -0.4 is 0 Å². The summed E-state index contributed by atoms with van der Waals surface area (Å²) in [5.41, 5.74) is 3.34. The average molecular weight is 313 g/mol. The summed E-state index contributed by atoms with van der Waals surface area (Å²) in [6, 6.07) is 0. The summed E-state index contributed by atoms with van der Waals surface area (Å²) in [5, 5.41) is 10.7. The lowest BCUT2D eigenvalue weighted by atomic mass is 9.83. The number of aliphatic hydroxyl groups is 1. The van der Waals surface area contributed by atoms with Crippen molar-refractivity contribution in [3.63, 3.8) is 0 Å². The Bertz CT molecular complexity index is 370. The molecule has 0 spiro atoms. The molecule has 0 aliphatic heterocycles. The summed E-state index contributed by atoms with van der Waals surface area (Å²) in [4.78, 5) is 0. The van der Waals surface area contributed by atoms with Crippen LogP contribution in [0.25, 0.3) is 0 Å². The van der Waals surface area contributed by atoms with Gasteiger partial charge in [0.1, 0.15) is 14.2 Å². The molecule has 1 aliphatic rings. The molecule has 1 fully saturated rings. The maximum Gasteiger partial charge on any atom is 0.164 e. The quantitative estimate of drug-likeness (QED) is 0.479. The van der Waals surface area contributed by atoms with Crippen molar-refractivity contribution in [2.45, 2.75) is 83.6 Å². The van der Waals surface area contributed by atoms with Crippen LogP contribution in [0.5, 0.6) is 0 Å². The molecule has 2 atom stereocenters. The molecular formula is C17H32O3Si. The van der Waals surface area contributed by atoms with E-state index in [4.69, 9.17) is 9.47 Å². The standard InChI is InChI=1S/C17H32O3Si/c1-17(2,19-3)20-15(12-13-21(4,5)6)16(18)14-10-8-7-9-11-14/h14-16,18H,7-11H2,1-6H3/t15-,16+/m1/s1. The number of hydrogen-bond donors (Lipinski definition) is 1. The van der Waals surface area contributed by atoms with E-state index >= 15 is 0 Å². The fourth-order valence-electron chi connectivity index (χ4n) is 2.55. The number of aliphatic hydroxyl groups excluding tert-OH is 1. The van der Waals surface area contributed by atoms with Crippen molar-refractivity contribution in [2.75, 3.05) is 7.11 Å². The second-order valence-electron chi connectivity index (χ2n) is 7.55. The van der Waals surface area contributed by atoms with E-state index in [0.29, 0.717) is 5.92 Å². The molecule has 1 saturated carbocycles. The van der Waals surface area contributed by atoms with Crippen molar-refractivity contribution in [1.82, 2.24) is 0 Å². The predicted molar refractivity (Wildman–Crippen MR) is 89.7 cm³/mol. The van der Waals surface area contributed by atoms with Gasteiger partial charge in [0.05, 0.1) is 6.10 Å². The van der Waals surface area contributed by atoms with Gasteiger partial charge in [-0.05, 0) is 32.6 Å². The molecule has 0 aromatic rings. The Morgan fingerprint density at radius 2 is 1.71 bits per heavy atom. The fourth-order valence-corrected chi connectivity index (χ4v) is 3.12. The Morgan fingerprint density at radius 3 is 2.19 bits per heavy atom. The van der Waals surface area contributed by atoms with Crippen molar-refractivity contribution in [2.24, 2.45) is 5.92 Å². The molecule has 4 heteroatoms. The highest BCUT2D eigenvalue weighted by atomic mass is 28.3. The summed E-state index contributed by atoms with van der Waals surface area (Å²) < 4.78 is 11.3. The van der Waals surface area contributed by atoms with Crippen LogP contribution in [-0.4, -0.2) is 38.3 Å². The second-order valence-corrected chi connectivity index (χ2v) is 12.3. The van der Waals surface area contributed by atoms with Crippen LogP contribution in [0, 0.1) is 17.4 Å². The first-order valence-electron chi connectivity index (χ1n) is 8.08. The first kappa shape index (κ1) is 18.7. The highest BCUT2D eigenvalue weighted by Gasteiger charge is 2.33. The van der Waals surface area contributed by atoms with E-state index in [1.807, 2.05) is 13.8 Å². The normalized spacial score (nSPS) is 20.5. The minimum Gasteiger partial charge on any atom is -0.389 e. The maximum absolute atomic E-state index is 10.7. The van der Waals surface area contributed by atoms with E-state index in [9.17, 15) is 5.11 Å². The maximum atomic E-state index is 10.7. The van der Waals surface area contributed by atoms with Gasteiger partial charge in [0.25, 0.3) is 0 Å². The van der Waals surface area contributed by atoms with Gasteiger partial charge in [-0.2, -0.15) is 0 Å². The van der Waals surface area contributed by atoms with Crippen LogP contribution in [-0.2, 0) is 9.47 Å². The first-order valence-corrected chi connectivity index (χ1v) is 11.6. The Morgan fingerprint density at radius 1 is 1.14 bits per heavy atom. The van der Waals surface area contributed by atoms with Crippen molar-refractivity contribution >= 4 is 8.07 Å². The van der Waals surface area contributed by atoms with Crippen molar-refractivity contribution in [1.29, 1.82) is 0 Å². The number of hydrogen-bond acceptors (Lipinski definition) is 3. The van der Waals surface area contributed by atoms with Crippen LogP contribution in [0.15, 0.2) is 0 Å². The van der Waals surface area contributed by atoms with Gasteiger partial charge >= 0.3 is 0 Å². The van der Waals surface area contributed by atoms with E-state index < -0.39 is 26.1 Å². The van der Waals surface area contributed by atoms with E-state index in [1.165, 1.54) is 19.3 Å². The summed E-state index contributed by atoms with van der Waals surface area (Å²) >= 11 is 0. The lowest BCUT2D eigenvalue weighted by Crippen LogP contribution is -2.42. The molecule has 0 saturated heterocycles. The summed E-state index contributed by atoms with van der Waals surface area (Å²) in [6.45, 7) is 10.3. The van der Waals surface area contributed by atoms with Crippen molar-refractivity contribution in [3.05, 3.63) is 0 Å². The molecule has 1 aliphatic carbocycles. The van der Waals surface area contributed by atoms with Gasteiger partial charge in [-0.15, -0.1) is 5.54 Å². The molecule has 0 bridgehead atoms. The third kappa shape index (κ3) is 6.97. The third-order valence-electron chi connectivity index (χ3n) is 3.93. The van der Waals surface area contributed by atoms with Gasteiger partial charge in [-0.25, -0.2) is 0 Å². The lowest BCUT2D eigenvalue weighted by molar-refractivity contribution is -0.231. The zero-order chi connectivity index (χ0) is 16.1. The Balaban J connectivity index is 2.85. The Hall–Kier alpha value is -0.343. The minimum atomic E-state index is -1.49. The molecular weight excluding hydrogens is 280 g/mol. The van der Waals surface area contributed by atoms with Gasteiger partial charge in [0.2, 0.25) is 0 Å². The van der Waals surface area contributed by atoms with Gasteiger partial charge < -0.3 is 14.6 Å². The van der Waals surface area contributed by atoms with Gasteiger partial charge in [0, 0.05) is 7.11 Å². The third-order valence-corrected chi connectivity index (χ3v) is 4.83. The molecule has 122 valence electrons. The second kappa shape index (κ2) is 7.78. The number of methoxy groups -OCH3 is 1. The molecule has 0 aromatic carbocycles. The average Bonchev–Trinajstić information content (AvgIpc) is 2.42. The fraction of sp³-hybridized carbons (Fsp3) is 0.882. The summed E-state index contributed by atoms with van der Waals surface area (Å²) in [6.07, 6.45) is 4.83. The SMILES string of the molecule is COC(C)(C)O[C@H](C#C[Si](C)(C)C)[C@@H](O)C1CCCCC1. The van der Waals surface area contributed by atoms with Crippen LogP contribution >= 0.6 is 0 Å². The van der Waals surface area contributed by atoms with Crippen LogP contribution in [0.4, 0.5) is 0 Å². The lowest BCUT2D eigenvalue weighted by Gasteiger charge is -2.34. The molecule has 0 radical (unpaired) electrons. The smallest absolute Gasteiger partial charge is 0.164 e. The first-order chi connectivity index (χ1) is 9.64. The van der Waals surface area contributed by atoms with E-state index in [2.05, 4.69) is 31.1 Å². The Labute approximate surface area is 131 Å². The molecule has 3 nitrogen and oxygen atoms in total. The van der Waals surface area contributed by atoms with E-state index in [0.717, 1.165) is 12.8 Å². The summed E-state index contributed by atoms with van der Waals surface area (Å²) in [5.74, 6) is 2.78. The monoisotopic (exact) mass is 312 g/mol. The Kier molecular flexibility index (Phi) is 6.93. The van der Waals surface area contributed by atoms with Crippen LogP contribution in [0.1, 0.15) is 46.0 Å². The van der Waals surface area contributed by atoms with Crippen molar-refractivity contribution in [3.8, 4) is 11.5 Å². The molecule has 1 rings (SSSR count). The predicted octanol–water partition coefficient (Wildman–Crippen LogP) is 3.58. The topological polar surface area (TPSA) is 38.7 Å². The van der Waals surface area contributed by atoms with Gasteiger partial charge in [-0.1, -0.05) is 44.8 Å². The molecule has 1 N–H and O–H groups in total. The number of ether oxygens (including phenoxy) is 2. The number of rotatable bonds is 5. The molecule has 0 aromatic heterocycles. The zero-order valence-electron chi connectivity index (χ0n) is 14.5. The van der Waals surface area contributed by atoms with Gasteiger partial charge in [0.15, 0.2) is 5.79 Å². The molecule has 0 heterocycles. The van der Waals surface area contributed by atoms with E-state index in [-0.39, 0.29) is 0 Å². The van der Waals surface area contributed by atoms with Gasteiger partial charge in [-0.3, -0.25) is 0 Å². The van der Waals surface area contributed by atoms with Crippen LogP contribution in [0.3, 0.4) is 0 Å². The molecule has 0 amide bonds. The highest BCUT2D eigenvalue weighted by molar-refractivity contribution is 6.83. The zero-order valence-corrected chi connectivity index (χ0v) is 15.5. The van der Waals surface area contributed by atoms with E-state index in [1.54, 1.807) is 7.11 Å². The highest BCUT2D eigenvalue weighted by Crippen LogP contribution is 2.29. The molecule has 0 unspecified atom stereocenters. The van der Waals surface area contributed by atoms with Crippen LogP contribution in [0.2, 0.25) is 19.6 Å². The van der Waals surface area contributed by atoms with Crippen molar-refractivity contribution < 1.29 is 14.6 Å². The minimum absolute atomic E-state index is 0.298. The molecule has 21 heavy (non-hydrogen) atoms. The largest absolute Gasteiger partial charge is 0.389 e. The summed E-state index contributed by atoms with van der Waals surface area (Å²) in [7, 11) is 0.127.